The van der Waals surface area contributed by atoms with Gasteiger partial charge in [0.05, 0.1) is 0 Å². The predicted molar refractivity (Wildman–Crippen MR) is 68.6 cm³/mol. The van der Waals surface area contributed by atoms with Crippen LogP contribution in [0, 0.1) is 12.8 Å². The molecule has 1 aromatic rings. The van der Waals surface area contributed by atoms with Crippen LogP contribution in [0.1, 0.15) is 23.8 Å². The first-order valence-electron chi connectivity index (χ1n) is 5.63. The van der Waals surface area contributed by atoms with Gasteiger partial charge in [-0.3, -0.25) is 4.79 Å². The van der Waals surface area contributed by atoms with Gasteiger partial charge < -0.3 is 11.1 Å². The molecule has 1 heterocycles. The first-order valence-corrected chi connectivity index (χ1v) is 6.51. The van der Waals surface area contributed by atoms with Gasteiger partial charge in [0.15, 0.2) is 0 Å². The summed E-state index contributed by atoms with van der Waals surface area (Å²) < 4.78 is 0. The van der Waals surface area contributed by atoms with Gasteiger partial charge in [0, 0.05) is 17.8 Å². The molecule has 0 fully saturated rings. The summed E-state index contributed by atoms with van der Waals surface area (Å²) in [4.78, 5) is 12.8. The third kappa shape index (κ3) is 4.33. The quantitative estimate of drug-likeness (QED) is 0.795. The van der Waals surface area contributed by atoms with Gasteiger partial charge in [-0.05, 0) is 42.8 Å². The van der Waals surface area contributed by atoms with E-state index >= 15 is 0 Å². The summed E-state index contributed by atoms with van der Waals surface area (Å²) in [6, 6.07) is 2.09. The van der Waals surface area contributed by atoms with Crippen molar-refractivity contribution in [3.8, 4) is 0 Å². The van der Waals surface area contributed by atoms with E-state index in [0.29, 0.717) is 25.4 Å². The number of carbonyl (C=O) groups excluding carboxylic acids is 1. The number of thiophene rings is 1. The minimum atomic E-state index is 0.119. The molecule has 1 amide bonds. The summed E-state index contributed by atoms with van der Waals surface area (Å²) in [5.41, 5.74) is 6.76. The lowest BCUT2D eigenvalue weighted by Crippen LogP contribution is -2.31. The fraction of sp³-hybridized carbons (Fsp3) is 0.583. The lowest BCUT2D eigenvalue weighted by Gasteiger charge is -2.09. The third-order valence-corrected chi connectivity index (χ3v) is 3.68. The Morgan fingerprint density at radius 3 is 2.94 bits per heavy atom. The molecule has 0 spiro atoms. The van der Waals surface area contributed by atoms with Gasteiger partial charge in [-0.25, -0.2) is 0 Å². The Morgan fingerprint density at radius 1 is 1.62 bits per heavy atom. The molecule has 0 aliphatic carbocycles. The van der Waals surface area contributed by atoms with Crippen molar-refractivity contribution in [1.82, 2.24) is 5.32 Å². The number of nitrogens with one attached hydrogen (secondary N) is 1. The molecule has 0 radical (unpaired) electrons. The molecular formula is C12H20N2OS. The van der Waals surface area contributed by atoms with Crippen LogP contribution in [-0.2, 0) is 11.2 Å². The van der Waals surface area contributed by atoms with Crippen LogP contribution in [0.5, 0.6) is 0 Å². The maximum Gasteiger partial charge on any atom is 0.220 e. The Hall–Kier alpha value is -0.870. The van der Waals surface area contributed by atoms with Crippen molar-refractivity contribution >= 4 is 17.2 Å². The molecule has 16 heavy (non-hydrogen) atoms. The van der Waals surface area contributed by atoms with E-state index in [9.17, 15) is 4.79 Å². The molecule has 0 aromatic carbocycles. The minimum absolute atomic E-state index is 0.119. The number of hydrogen-bond donors (Lipinski definition) is 2. The summed E-state index contributed by atoms with van der Waals surface area (Å²) in [6.45, 7) is 5.41. The van der Waals surface area contributed by atoms with Gasteiger partial charge in [-0.15, -0.1) is 11.3 Å². The van der Waals surface area contributed by atoms with Crippen molar-refractivity contribution in [3.05, 3.63) is 21.9 Å². The van der Waals surface area contributed by atoms with Gasteiger partial charge in [0.1, 0.15) is 0 Å². The molecule has 3 nitrogen and oxygen atoms in total. The van der Waals surface area contributed by atoms with Gasteiger partial charge in [0.2, 0.25) is 5.91 Å². The number of amides is 1. The van der Waals surface area contributed by atoms with Crippen molar-refractivity contribution in [3.63, 3.8) is 0 Å². The van der Waals surface area contributed by atoms with Crippen LogP contribution in [-0.4, -0.2) is 19.0 Å². The Kier molecular flexibility index (Phi) is 5.49. The predicted octanol–water partition coefficient (Wildman–Crippen LogP) is 1.70. The first kappa shape index (κ1) is 13.2. The molecule has 1 aromatic heterocycles. The average Bonchev–Trinajstić information content (AvgIpc) is 2.69. The zero-order valence-corrected chi connectivity index (χ0v) is 10.8. The summed E-state index contributed by atoms with van der Waals surface area (Å²) in [5.74, 6) is 0.473. The lowest BCUT2D eigenvalue weighted by molar-refractivity contribution is -0.121. The third-order valence-electron chi connectivity index (χ3n) is 2.60. The zero-order valence-electron chi connectivity index (χ0n) is 9.95. The lowest BCUT2D eigenvalue weighted by atomic mass is 10.1. The second kappa shape index (κ2) is 6.66. The maximum absolute atomic E-state index is 11.5. The van der Waals surface area contributed by atoms with E-state index < -0.39 is 0 Å². The van der Waals surface area contributed by atoms with Crippen molar-refractivity contribution in [2.75, 3.05) is 13.1 Å². The van der Waals surface area contributed by atoms with Gasteiger partial charge in [0.25, 0.3) is 0 Å². The molecule has 0 aliphatic heterocycles. The Bertz CT molecular complexity index is 336. The Morgan fingerprint density at radius 2 is 2.38 bits per heavy atom. The van der Waals surface area contributed by atoms with E-state index in [2.05, 4.69) is 23.7 Å². The summed E-state index contributed by atoms with van der Waals surface area (Å²) in [5, 5.41) is 4.97. The average molecular weight is 240 g/mol. The van der Waals surface area contributed by atoms with Crippen LogP contribution in [0.2, 0.25) is 0 Å². The summed E-state index contributed by atoms with van der Waals surface area (Å²) in [7, 11) is 0. The maximum atomic E-state index is 11.5. The van der Waals surface area contributed by atoms with Crippen LogP contribution in [0.25, 0.3) is 0 Å². The standard InChI is InChI=1S/C12H20N2OS/c1-9(7-13)8-14-12(15)4-3-11-10(2)5-6-16-11/h5-6,9H,3-4,7-8,13H2,1-2H3,(H,14,15). The molecule has 90 valence electrons. The van der Waals surface area contributed by atoms with E-state index in [1.165, 1.54) is 10.4 Å². The topological polar surface area (TPSA) is 55.1 Å². The highest BCUT2D eigenvalue weighted by Gasteiger charge is 2.06. The van der Waals surface area contributed by atoms with Gasteiger partial charge >= 0.3 is 0 Å². The van der Waals surface area contributed by atoms with Crippen LogP contribution in [0.15, 0.2) is 11.4 Å². The van der Waals surface area contributed by atoms with Crippen LogP contribution in [0.4, 0.5) is 0 Å². The minimum Gasteiger partial charge on any atom is -0.356 e. The molecule has 0 saturated heterocycles. The SMILES string of the molecule is Cc1ccsc1CCC(=O)NCC(C)CN. The highest BCUT2D eigenvalue weighted by Crippen LogP contribution is 2.17. The zero-order chi connectivity index (χ0) is 12.0. The first-order chi connectivity index (χ1) is 7.63. The van der Waals surface area contributed by atoms with E-state index in [4.69, 9.17) is 5.73 Å². The molecule has 0 saturated carbocycles. The van der Waals surface area contributed by atoms with Crippen LogP contribution >= 0.6 is 11.3 Å². The summed E-state index contributed by atoms with van der Waals surface area (Å²) in [6.07, 6.45) is 1.41. The van der Waals surface area contributed by atoms with E-state index in [-0.39, 0.29) is 5.91 Å². The number of nitrogens with two attached hydrogens (primary N) is 1. The smallest absolute Gasteiger partial charge is 0.220 e. The molecule has 1 unspecified atom stereocenters. The number of hydrogen-bond acceptors (Lipinski definition) is 3. The monoisotopic (exact) mass is 240 g/mol. The number of aryl methyl sites for hydroxylation is 2. The second-order valence-electron chi connectivity index (χ2n) is 4.17. The number of rotatable bonds is 6. The summed E-state index contributed by atoms with van der Waals surface area (Å²) >= 11 is 1.72. The van der Waals surface area contributed by atoms with Crippen molar-refractivity contribution < 1.29 is 4.79 Å². The molecule has 3 N–H and O–H groups in total. The largest absolute Gasteiger partial charge is 0.356 e. The van der Waals surface area contributed by atoms with Crippen molar-refractivity contribution in [1.29, 1.82) is 0 Å². The normalized spacial score (nSPS) is 12.4. The molecular weight excluding hydrogens is 220 g/mol. The highest BCUT2D eigenvalue weighted by molar-refractivity contribution is 7.10. The van der Waals surface area contributed by atoms with E-state index in [1.807, 2.05) is 6.92 Å². The molecule has 0 bridgehead atoms. The van der Waals surface area contributed by atoms with Gasteiger partial charge in [-0.2, -0.15) is 0 Å². The molecule has 1 atom stereocenters. The van der Waals surface area contributed by atoms with Crippen LogP contribution < -0.4 is 11.1 Å². The molecule has 4 heteroatoms. The fourth-order valence-corrected chi connectivity index (χ4v) is 2.26. The Balaban J connectivity index is 2.23. The second-order valence-corrected chi connectivity index (χ2v) is 5.17. The van der Waals surface area contributed by atoms with Crippen molar-refractivity contribution in [2.45, 2.75) is 26.7 Å². The molecule has 1 rings (SSSR count). The Labute approximate surface area is 101 Å². The van der Waals surface area contributed by atoms with Crippen molar-refractivity contribution in [2.24, 2.45) is 11.7 Å². The van der Waals surface area contributed by atoms with Gasteiger partial charge in [-0.1, -0.05) is 6.92 Å². The number of carbonyl (C=O) groups is 1. The van der Waals surface area contributed by atoms with Crippen LogP contribution in [0.3, 0.4) is 0 Å². The molecule has 0 aliphatic rings. The van der Waals surface area contributed by atoms with E-state index in [1.54, 1.807) is 11.3 Å². The fourth-order valence-electron chi connectivity index (χ4n) is 1.35. The van der Waals surface area contributed by atoms with E-state index in [0.717, 1.165) is 6.42 Å². The highest BCUT2D eigenvalue weighted by atomic mass is 32.1.